The maximum atomic E-state index is 10.8. The van der Waals surface area contributed by atoms with E-state index in [4.69, 9.17) is 4.74 Å². The van der Waals surface area contributed by atoms with E-state index in [0.717, 1.165) is 37.2 Å². The van der Waals surface area contributed by atoms with Crippen molar-refractivity contribution in [2.75, 3.05) is 18.5 Å². The van der Waals surface area contributed by atoms with Gasteiger partial charge in [-0.25, -0.2) is 0 Å². The fraction of sp³-hybridized carbons (Fsp3) is 0.571. The summed E-state index contributed by atoms with van der Waals surface area (Å²) in [4.78, 5) is 10.4. The monoisotopic (exact) mass is 264 g/mol. The van der Waals surface area contributed by atoms with Crippen LogP contribution in [0.5, 0.6) is 0 Å². The number of ether oxygens (including phenoxy) is 1. The standard InChI is InChI=1S/C14H20N2O3/c1-3-14-11(6-7-19-14)9-15-13-8-12(16(17)18)5-4-10(13)2/h4-5,8,11,14-15H,3,6-7,9H2,1-2H3. The van der Waals surface area contributed by atoms with Crippen molar-refractivity contribution in [2.45, 2.75) is 32.8 Å². The molecule has 19 heavy (non-hydrogen) atoms. The molecule has 0 aliphatic carbocycles. The highest BCUT2D eigenvalue weighted by atomic mass is 16.6. The summed E-state index contributed by atoms with van der Waals surface area (Å²) in [5, 5.41) is 14.1. The topological polar surface area (TPSA) is 64.4 Å². The Kier molecular flexibility index (Phi) is 4.37. The zero-order chi connectivity index (χ0) is 13.8. The van der Waals surface area contributed by atoms with Crippen molar-refractivity contribution < 1.29 is 9.66 Å². The van der Waals surface area contributed by atoms with Crippen LogP contribution in [0.4, 0.5) is 11.4 Å². The van der Waals surface area contributed by atoms with Crippen molar-refractivity contribution in [1.82, 2.24) is 0 Å². The quantitative estimate of drug-likeness (QED) is 0.655. The van der Waals surface area contributed by atoms with Gasteiger partial charge in [-0.3, -0.25) is 10.1 Å². The van der Waals surface area contributed by atoms with Crippen molar-refractivity contribution in [3.63, 3.8) is 0 Å². The van der Waals surface area contributed by atoms with E-state index in [0.29, 0.717) is 12.0 Å². The zero-order valence-corrected chi connectivity index (χ0v) is 11.4. The van der Waals surface area contributed by atoms with E-state index in [1.54, 1.807) is 12.1 Å². The number of benzene rings is 1. The molecule has 2 rings (SSSR count). The van der Waals surface area contributed by atoms with Crippen molar-refractivity contribution >= 4 is 11.4 Å². The van der Waals surface area contributed by atoms with Crippen molar-refractivity contribution in [2.24, 2.45) is 5.92 Å². The van der Waals surface area contributed by atoms with Gasteiger partial charge in [-0.15, -0.1) is 0 Å². The van der Waals surface area contributed by atoms with Crippen LogP contribution in [0.3, 0.4) is 0 Å². The molecule has 1 aliphatic rings. The third-order valence-corrected chi connectivity index (χ3v) is 3.74. The molecule has 0 radical (unpaired) electrons. The minimum absolute atomic E-state index is 0.128. The van der Waals surface area contributed by atoms with Crippen LogP contribution in [0, 0.1) is 23.0 Å². The van der Waals surface area contributed by atoms with Gasteiger partial charge < -0.3 is 10.1 Å². The summed E-state index contributed by atoms with van der Waals surface area (Å²) >= 11 is 0. The smallest absolute Gasteiger partial charge is 0.271 e. The Hall–Kier alpha value is -1.62. The molecule has 0 amide bonds. The molecule has 0 spiro atoms. The molecule has 0 bridgehead atoms. The lowest BCUT2D eigenvalue weighted by Gasteiger charge is -2.18. The summed E-state index contributed by atoms with van der Waals surface area (Å²) in [5.74, 6) is 0.490. The number of nitro groups is 1. The molecule has 1 fully saturated rings. The molecule has 104 valence electrons. The van der Waals surface area contributed by atoms with Crippen molar-refractivity contribution in [1.29, 1.82) is 0 Å². The average molecular weight is 264 g/mol. The molecular formula is C14H20N2O3. The molecular weight excluding hydrogens is 244 g/mol. The summed E-state index contributed by atoms with van der Waals surface area (Å²) in [6.45, 7) is 5.70. The first-order chi connectivity index (χ1) is 9.11. The molecule has 1 N–H and O–H groups in total. The van der Waals surface area contributed by atoms with Gasteiger partial charge in [0.1, 0.15) is 0 Å². The predicted octanol–water partition coefficient (Wildman–Crippen LogP) is 3.13. The average Bonchev–Trinajstić information content (AvgIpc) is 2.85. The minimum atomic E-state index is -0.363. The Morgan fingerprint density at radius 2 is 2.32 bits per heavy atom. The number of nitrogens with one attached hydrogen (secondary N) is 1. The van der Waals surface area contributed by atoms with Crippen molar-refractivity contribution in [3.8, 4) is 0 Å². The van der Waals surface area contributed by atoms with Gasteiger partial charge in [0, 0.05) is 36.9 Å². The highest BCUT2D eigenvalue weighted by Gasteiger charge is 2.26. The molecule has 0 aromatic heterocycles. The van der Waals surface area contributed by atoms with E-state index >= 15 is 0 Å². The molecule has 1 aliphatic heterocycles. The van der Waals surface area contributed by atoms with Crippen LogP contribution < -0.4 is 5.32 Å². The fourth-order valence-electron chi connectivity index (χ4n) is 2.53. The van der Waals surface area contributed by atoms with E-state index in [1.165, 1.54) is 6.07 Å². The van der Waals surface area contributed by atoms with Crippen LogP contribution in [-0.4, -0.2) is 24.2 Å². The number of rotatable bonds is 5. The Morgan fingerprint density at radius 1 is 1.53 bits per heavy atom. The minimum Gasteiger partial charge on any atom is -0.384 e. The highest BCUT2D eigenvalue weighted by Crippen LogP contribution is 2.26. The highest BCUT2D eigenvalue weighted by molar-refractivity contribution is 5.56. The maximum absolute atomic E-state index is 10.8. The maximum Gasteiger partial charge on any atom is 0.271 e. The van der Waals surface area contributed by atoms with E-state index < -0.39 is 0 Å². The Balaban J connectivity index is 2.02. The summed E-state index contributed by atoms with van der Waals surface area (Å²) in [6, 6.07) is 4.92. The largest absolute Gasteiger partial charge is 0.384 e. The molecule has 1 heterocycles. The lowest BCUT2D eigenvalue weighted by molar-refractivity contribution is -0.384. The van der Waals surface area contributed by atoms with E-state index in [2.05, 4.69) is 12.2 Å². The predicted molar refractivity (Wildman–Crippen MR) is 74.5 cm³/mol. The summed E-state index contributed by atoms with van der Waals surface area (Å²) in [6.07, 6.45) is 2.38. The second-order valence-electron chi connectivity index (χ2n) is 5.00. The van der Waals surface area contributed by atoms with Gasteiger partial charge in [-0.2, -0.15) is 0 Å². The number of non-ortho nitro benzene ring substituents is 1. The molecule has 1 aromatic carbocycles. The van der Waals surface area contributed by atoms with Crippen LogP contribution in [0.15, 0.2) is 18.2 Å². The normalized spacial score (nSPS) is 22.4. The van der Waals surface area contributed by atoms with Gasteiger partial charge in [0.15, 0.2) is 0 Å². The number of nitro benzene ring substituents is 1. The molecule has 2 atom stereocenters. The molecule has 0 saturated carbocycles. The third-order valence-electron chi connectivity index (χ3n) is 3.74. The van der Waals surface area contributed by atoms with Gasteiger partial charge in [0.2, 0.25) is 0 Å². The number of nitrogens with zero attached hydrogens (tertiary/aromatic N) is 1. The number of hydrogen-bond acceptors (Lipinski definition) is 4. The second-order valence-corrected chi connectivity index (χ2v) is 5.00. The number of aryl methyl sites for hydroxylation is 1. The second kappa shape index (κ2) is 6.02. The van der Waals surface area contributed by atoms with Crippen LogP contribution in [0.25, 0.3) is 0 Å². The van der Waals surface area contributed by atoms with Gasteiger partial charge >= 0.3 is 0 Å². The molecule has 5 heteroatoms. The van der Waals surface area contributed by atoms with Gasteiger partial charge in [0.05, 0.1) is 11.0 Å². The summed E-state index contributed by atoms with van der Waals surface area (Å²) in [7, 11) is 0. The Morgan fingerprint density at radius 3 is 3.00 bits per heavy atom. The van der Waals surface area contributed by atoms with E-state index in [-0.39, 0.29) is 10.6 Å². The van der Waals surface area contributed by atoms with Crippen LogP contribution in [-0.2, 0) is 4.74 Å². The SMILES string of the molecule is CCC1OCCC1CNc1cc([N+](=O)[O-])ccc1C. The van der Waals surface area contributed by atoms with E-state index in [9.17, 15) is 10.1 Å². The number of hydrogen-bond donors (Lipinski definition) is 1. The zero-order valence-electron chi connectivity index (χ0n) is 11.4. The lowest BCUT2D eigenvalue weighted by Crippen LogP contribution is -2.23. The summed E-state index contributed by atoms with van der Waals surface area (Å²) in [5.41, 5.74) is 2.00. The first kappa shape index (κ1) is 13.8. The summed E-state index contributed by atoms with van der Waals surface area (Å²) < 4.78 is 5.65. The van der Waals surface area contributed by atoms with Crippen LogP contribution in [0.2, 0.25) is 0 Å². The first-order valence-electron chi connectivity index (χ1n) is 6.72. The fourth-order valence-corrected chi connectivity index (χ4v) is 2.53. The van der Waals surface area contributed by atoms with Gasteiger partial charge in [-0.05, 0) is 25.3 Å². The Bertz CT molecular complexity index is 462. The third kappa shape index (κ3) is 3.23. The molecule has 1 aromatic rings. The molecule has 2 unspecified atom stereocenters. The molecule has 1 saturated heterocycles. The van der Waals surface area contributed by atoms with E-state index in [1.807, 2.05) is 6.92 Å². The first-order valence-corrected chi connectivity index (χ1v) is 6.72. The molecule has 5 nitrogen and oxygen atoms in total. The Labute approximate surface area is 113 Å². The lowest BCUT2D eigenvalue weighted by atomic mass is 9.99. The van der Waals surface area contributed by atoms with Crippen LogP contribution >= 0.6 is 0 Å². The van der Waals surface area contributed by atoms with Gasteiger partial charge in [0.25, 0.3) is 5.69 Å². The van der Waals surface area contributed by atoms with Gasteiger partial charge in [-0.1, -0.05) is 13.0 Å². The van der Waals surface area contributed by atoms with Crippen LogP contribution in [0.1, 0.15) is 25.3 Å². The van der Waals surface area contributed by atoms with Crippen molar-refractivity contribution in [3.05, 3.63) is 33.9 Å². The number of anilines is 1.